The van der Waals surface area contributed by atoms with Crippen LogP contribution in [0.5, 0.6) is 0 Å². The lowest BCUT2D eigenvalue weighted by atomic mass is 9.83. The van der Waals surface area contributed by atoms with Crippen LogP contribution in [0.15, 0.2) is 30.5 Å². The number of nitrogens with zero attached hydrogens (tertiary/aromatic N) is 3. The maximum Gasteiger partial charge on any atom is 0.220 e. The van der Waals surface area contributed by atoms with Gasteiger partial charge in [0.2, 0.25) is 5.95 Å². The lowest BCUT2D eigenvalue weighted by Crippen LogP contribution is -2.40. The Bertz CT molecular complexity index is 677. The molecule has 1 aliphatic rings. The molecule has 0 amide bonds. The van der Waals surface area contributed by atoms with Crippen LogP contribution >= 0.6 is 0 Å². The predicted molar refractivity (Wildman–Crippen MR) is 99.8 cm³/mol. The van der Waals surface area contributed by atoms with Gasteiger partial charge in [-0.3, -0.25) is 0 Å². The zero-order valence-corrected chi connectivity index (χ0v) is 14.8. The van der Waals surface area contributed by atoms with E-state index in [4.69, 9.17) is 5.73 Å². The van der Waals surface area contributed by atoms with E-state index in [1.54, 1.807) is 6.20 Å². The fraction of sp³-hybridized carbons (Fsp3) is 0.500. The van der Waals surface area contributed by atoms with Gasteiger partial charge in [-0.25, -0.2) is 9.97 Å². The van der Waals surface area contributed by atoms with E-state index in [2.05, 4.69) is 46.9 Å². The summed E-state index contributed by atoms with van der Waals surface area (Å²) in [7, 11) is 0. The van der Waals surface area contributed by atoms with Crippen LogP contribution in [-0.4, -0.2) is 34.0 Å². The third-order valence-corrected chi connectivity index (χ3v) is 4.95. The second kappa shape index (κ2) is 7.75. The summed E-state index contributed by atoms with van der Waals surface area (Å²) >= 11 is 0. The van der Waals surface area contributed by atoms with Crippen molar-refractivity contribution >= 4 is 5.95 Å². The number of aromatic nitrogens is 2. The second-order valence-electron chi connectivity index (χ2n) is 6.68. The number of nitrogens with two attached hydrogens (primary N) is 1. The van der Waals surface area contributed by atoms with E-state index in [1.165, 1.54) is 49.0 Å². The monoisotopic (exact) mass is 324 g/mol. The Morgan fingerprint density at radius 2 is 1.96 bits per heavy atom. The first-order valence-electron chi connectivity index (χ1n) is 9.16. The average molecular weight is 324 g/mol. The molecule has 2 N–H and O–H groups in total. The molecular weight excluding hydrogens is 296 g/mol. The Kier molecular flexibility index (Phi) is 5.46. The molecule has 0 fully saturated rings. The van der Waals surface area contributed by atoms with Gasteiger partial charge in [-0.15, -0.1) is 0 Å². The van der Waals surface area contributed by atoms with Crippen LogP contribution in [0, 0.1) is 0 Å². The molecule has 3 rings (SSSR count). The van der Waals surface area contributed by atoms with Crippen molar-refractivity contribution in [3.8, 4) is 11.3 Å². The van der Waals surface area contributed by atoms with Crippen LogP contribution < -0.4 is 5.73 Å². The molecule has 0 aliphatic heterocycles. The van der Waals surface area contributed by atoms with E-state index >= 15 is 0 Å². The van der Waals surface area contributed by atoms with E-state index < -0.39 is 0 Å². The summed E-state index contributed by atoms with van der Waals surface area (Å²) in [5.74, 6) is 0.344. The van der Waals surface area contributed by atoms with Crippen molar-refractivity contribution in [2.24, 2.45) is 0 Å². The highest BCUT2D eigenvalue weighted by Gasteiger charge is 2.25. The van der Waals surface area contributed by atoms with Crippen LogP contribution in [0.2, 0.25) is 0 Å². The normalized spacial score (nSPS) is 17.0. The lowest BCUT2D eigenvalue weighted by molar-refractivity contribution is 0.180. The number of hydrogen-bond acceptors (Lipinski definition) is 4. The van der Waals surface area contributed by atoms with Crippen LogP contribution in [0.25, 0.3) is 11.3 Å². The predicted octanol–water partition coefficient (Wildman–Crippen LogP) is 3.71. The van der Waals surface area contributed by atoms with Crippen molar-refractivity contribution in [2.75, 3.05) is 18.8 Å². The lowest BCUT2D eigenvalue weighted by Gasteiger charge is -2.35. The second-order valence-corrected chi connectivity index (χ2v) is 6.68. The topological polar surface area (TPSA) is 55.0 Å². The molecule has 0 spiro atoms. The number of aryl methyl sites for hydroxylation is 1. The van der Waals surface area contributed by atoms with E-state index in [0.29, 0.717) is 12.0 Å². The molecule has 1 atom stereocenters. The van der Waals surface area contributed by atoms with Gasteiger partial charge in [-0.2, -0.15) is 0 Å². The number of nitrogen functional groups attached to an aromatic ring is 1. The molecule has 1 aromatic heterocycles. The SMILES string of the molecule is CCCN(CCC)C1CCc2cccc(-c3ccnc(N)n3)c2C1. The summed E-state index contributed by atoms with van der Waals surface area (Å²) in [6, 6.07) is 9.18. The van der Waals surface area contributed by atoms with Crippen molar-refractivity contribution < 1.29 is 0 Å². The van der Waals surface area contributed by atoms with Crippen molar-refractivity contribution in [2.45, 2.75) is 52.0 Å². The van der Waals surface area contributed by atoms with Gasteiger partial charge in [0.25, 0.3) is 0 Å². The Morgan fingerprint density at radius 1 is 1.17 bits per heavy atom. The fourth-order valence-electron chi connectivity index (χ4n) is 3.90. The number of hydrogen-bond donors (Lipinski definition) is 1. The van der Waals surface area contributed by atoms with Crippen LogP contribution in [-0.2, 0) is 12.8 Å². The summed E-state index contributed by atoms with van der Waals surface area (Å²) in [5, 5.41) is 0. The molecule has 4 nitrogen and oxygen atoms in total. The summed E-state index contributed by atoms with van der Waals surface area (Å²) in [6.07, 6.45) is 7.69. The minimum Gasteiger partial charge on any atom is -0.368 e. The molecule has 128 valence electrons. The molecule has 24 heavy (non-hydrogen) atoms. The average Bonchev–Trinajstić information content (AvgIpc) is 2.60. The zero-order valence-electron chi connectivity index (χ0n) is 14.8. The van der Waals surface area contributed by atoms with Crippen molar-refractivity contribution in [3.63, 3.8) is 0 Å². The molecule has 4 heteroatoms. The molecule has 1 aromatic carbocycles. The number of benzene rings is 1. The van der Waals surface area contributed by atoms with Gasteiger partial charge in [0.1, 0.15) is 0 Å². The molecule has 1 heterocycles. The molecule has 0 saturated heterocycles. The smallest absolute Gasteiger partial charge is 0.220 e. The van der Waals surface area contributed by atoms with Gasteiger partial charge in [-0.05, 0) is 62.4 Å². The zero-order chi connectivity index (χ0) is 16.9. The van der Waals surface area contributed by atoms with Crippen molar-refractivity contribution in [1.29, 1.82) is 0 Å². The third-order valence-electron chi connectivity index (χ3n) is 4.95. The van der Waals surface area contributed by atoms with E-state index in [9.17, 15) is 0 Å². The fourth-order valence-corrected chi connectivity index (χ4v) is 3.90. The quantitative estimate of drug-likeness (QED) is 0.880. The molecule has 1 unspecified atom stereocenters. The molecule has 2 aromatic rings. The Labute approximate surface area is 145 Å². The van der Waals surface area contributed by atoms with Crippen molar-refractivity contribution in [1.82, 2.24) is 14.9 Å². The maximum atomic E-state index is 5.80. The van der Waals surface area contributed by atoms with E-state index in [1.807, 2.05) is 6.07 Å². The minimum absolute atomic E-state index is 0.344. The molecule has 0 radical (unpaired) electrons. The van der Waals surface area contributed by atoms with Crippen LogP contribution in [0.4, 0.5) is 5.95 Å². The van der Waals surface area contributed by atoms with Gasteiger partial charge >= 0.3 is 0 Å². The highest BCUT2D eigenvalue weighted by molar-refractivity contribution is 5.66. The van der Waals surface area contributed by atoms with Gasteiger partial charge in [-0.1, -0.05) is 32.0 Å². The standard InChI is InChI=1S/C20H28N4/c1-3-12-24(13-4-2)16-9-8-15-6-5-7-17(18(15)14-16)19-10-11-22-20(21)23-19/h5-7,10-11,16H,3-4,8-9,12-14H2,1-2H3,(H2,21,22,23). The van der Waals surface area contributed by atoms with Gasteiger partial charge in [0, 0.05) is 17.8 Å². The van der Waals surface area contributed by atoms with Crippen LogP contribution in [0.1, 0.15) is 44.2 Å². The first-order chi connectivity index (χ1) is 11.7. The summed E-state index contributed by atoms with van der Waals surface area (Å²) in [6.45, 7) is 6.93. The van der Waals surface area contributed by atoms with Gasteiger partial charge in [0.05, 0.1) is 5.69 Å². The van der Waals surface area contributed by atoms with E-state index in [0.717, 1.165) is 18.5 Å². The number of rotatable bonds is 6. The number of fused-ring (bicyclic) bond motifs is 1. The largest absolute Gasteiger partial charge is 0.368 e. The molecule has 0 saturated carbocycles. The van der Waals surface area contributed by atoms with Gasteiger partial charge < -0.3 is 10.6 Å². The molecular formula is C20H28N4. The molecule has 1 aliphatic carbocycles. The van der Waals surface area contributed by atoms with Crippen molar-refractivity contribution in [3.05, 3.63) is 41.6 Å². The Morgan fingerprint density at radius 3 is 2.67 bits per heavy atom. The number of anilines is 1. The van der Waals surface area contributed by atoms with Gasteiger partial charge in [0.15, 0.2) is 0 Å². The first-order valence-corrected chi connectivity index (χ1v) is 9.16. The highest BCUT2D eigenvalue weighted by Crippen LogP contribution is 2.32. The highest BCUT2D eigenvalue weighted by atomic mass is 15.1. The Hall–Kier alpha value is -1.94. The summed E-state index contributed by atoms with van der Waals surface area (Å²) in [4.78, 5) is 11.1. The molecule has 0 bridgehead atoms. The van der Waals surface area contributed by atoms with Crippen LogP contribution in [0.3, 0.4) is 0 Å². The summed E-state index contributed by atoms with van der Waals surface area (Å²) < 4.78 is 0. The third kappa shape index (κ3) is 3.59. The Balaban J connectivity index is 1.92. The maximum absolute atomic E-state index is 5.80. The van der Waals surface area contributed by atoms with E-state index in [-0.39, 0.29) is 0 Å². The minimum atomic E-state index is 0.344. The first kappa shape index (κ1) is 16.9. The summed E-state index contributed by atoms with van der Waals surface area (Å²) in [5.41, 5.74) is 10.9.